The van der Waals surface area contributed by atoms with Crippen molar-refractivity contribution in [3.63, 3.8) is 0 Å². The molecular formula is C25H30N8O2. The largest absolute Gasteiger partial charge is 0.387 e. The molecule has 6 rings (SSSR count). The zero-order valence-electron chi connectivity index (χ0n) is 20.1. The van der Waals surface area contributed by atoms with Gasteiger partial charge in [-0.2, -0.15) is 0 Å². The Morgan fingerprint density at radius 2 is 1.83 bits per heavy atom. The fourth-order valence-electron chi connectivity index (χ4n) is 5.55. The summed E-state index contributed by atoms with van der Waals surface area (Å²) in [5.41, 5.74) is 2.21. The van der Waals surface area contributed by atoms with Crippen molar-refractivity contribution in [1.29, 1.82) is 0 Å². The highest BCUT2D eigenvalue weighted by atomic mass is 16.3. The number of nitrogens with zero attached hydrogens (tertiary/aromatic N) is 7. The van der Waals surface area contributed by atoms with Gasteiger partial charge >= 0.3 is 0 Å². The molecule has 3 fully saturated rings. The number of piperazine rings is 1. The highest BCUT2D eigenvalue weighted by Crippen LogP contribution is 2.42. The van der Waals surface area contributed by atoms with Gasteiger partial charge in [-0.05, 0) is 57.9 Å². The van der Waals surface area contributed by atoms with Crippen molar-refractivity contribution >= 4 is 40.1 Å². The fraction of sp³-hybridized carbons (Fsp3) is 0.480. The number of nitrogens with one attached hydrogen (secondary N) is 1. The molecule has 1 atom stereocenters. The molecule has 0 aliphatic carbocycles. The Morgan fingerprint density at radius 1 is 1.06 bits per heavy atom. The van der Waals surface area contributed by atoms with Gasteiger partial charge in [-0.25, -0.2) is 19.9 Å². The van der Waals surface area contributed by atoms with Crippen LogP contribution in [0.2, 0.25) is 0 Å². The van der Waals surface area contributed by atoms with Crippen molar-refractivity contribution in [2.45, 2.75) is 50.8 Å². The maximum atomic E-state index is 12.4. The third-order valence-corrected chi connectivity index (χ3v) is 7.40. The minimum absolute atomic E-state index is 0.0756. The van der Waals surface area contributed by atoms with Gasteiger partial charge in [-0.15, -0.1) is 0 Å². The van der Waals surface area contributed by atoms with E-state index in [1.807, 2.05) is 30.1 Å². The second-order valence-electron chi connectivity index (χ2n) is 9.86. The Balaban J connectivity index is 1.29. The third kappa shape index (κ3) is 4.06. The summed E-state index contributed by atoms with van der Waals surface area (Å²) in [6.07, 6.45) is 7.52. The van der Waals surface area contributed by atoms with Crippen LogP contribution in [0.1, 0.15) is 44.4 Å². The van der Waals surface area contributed by atoms with E-state index in [0.717, 1.165) is 29.0 Å². The molecular weight excluding hydrogens is 444 g/mol. The molecule has 0 unspecified atom stereocenters. The molecule has 0 spiro atoms. The molecule has 3 aliphatic heterocycles. The Kier molecular flexibility index (Phi) is 5.49. The quantitative estimate of drug-likeness (QED) is 0.576. The number of rotatable bonds is 5. The van der Waals surface area contributed by atoms with Crippen LogP contribution < -0.4 is 15.1 Å². The predicted molar refractivity (Wildman–Crippen MR) is 134 cm³/mol. The first-order chi connectivity index (χ1) is 17.0. The van der Waals surface area contributed by atoms with Gasteiger partial charge in [0, 0.05) is 36.8 Å². The molecule has 2 N–H and O–H groups in total. The summed E-state index contributed by atoms with van der Waals surface area (Å²) in [7, 11) is 1.95. The van der Waals surface area contributed by atoms with Crippen LogP contribution in [0.25, 0.3) is 10.9 Å². The molecule has 10 heteroatoms. The summed E-state index contributed by atoms with van der Waals surface area (Å²) >= 11 is 0. The van der Waals surface area contributed by atoms with Gasteiger partial charge in [-0.1, -0.05) is 0 Å². The fourth-order valence-corrected chi connectivity index (χ4v) is 5.55. The van der Waals surface area contributed by atoms with Gasteiger partial charge in [-0.3, -0.25) is 9.69 Å². The van der Waals surface area contributed by atoms with Crippen LogP contribution in [0.4, 0.5) is 23.3 Å². The summed E-state index contributed by atoms with van der Waals surface area (Å²) in [5.74, 6) is 1.95. The van der Waals surface area contributed by atoms with Crippen LogP contribution in [0.5, 0.6) is 0 Å². The Hall–Kier alpha value is -3.37. The molecule has 3 aromatic rings. The van der Waals surface area contributed by atoms with Gasteiger partial charge in [0.05, 0.1) is 30.2 Å². The summed E-state index contributed by atoms with van der Waals surface area (Å²) in [4.78, 5) is 37.2. The molecule has 0 saturated carbocycles. The van der Waals surface area contributed by atoms with Gasteiger partial charge in [0.25, 0.3) is 0 Å². The molecule has 182 valence electrons. The molecule has 0 aromatic carbocycles. The average Bonchev–Trinajstić information content (AvgIpc) is 3.44. The number of aliphatic hydroxyl groups excluding tert-OH is 1. The number of pyridine rings is 2. The van der Waals surface area contributed by atoms with E-state index < -0.39 is 6.10 Å². The van der Waals surface area contributed by atoms with Gasteiger partial charge in [0.15, 0.2) is 5.82 Å². The number of aromatic nitrogens is 4. The second-order valence-corrected chi connectivity index (χ2v) is 9.86. The van der Waals surface area contributed by atoms with E-state index in [1.54, 1.807) is 24.2 Å². The number of carbonyl (C=O) groups excluding carboxylic acids is 1. The number of hydrogen-bond donors (Lipinski definition) is 2. The normalized spacial score (nSPS) is 23.3. The van der Waals surface area contributed by atoms with Crippen LogP contribution in [0.3, 0.4) is 0 Å². The molecule has 3 aromatic heterocycles. The SMILES string of the molecule is C[C@@H](O)c1cc2cnc(Nc3ccc(N4CCN(C)CC4=O)cn3)nc2c(N2C3CCC2CC3)n1. The molecule has 0 radical (unpaired) electrons. The highest BCUT2D eigenvalue weighted by molar-refractivity contribution is 5.95. The lowest BCUT2D eigenvalue weighted by atomic mass is 10.0. The lowest BCUT2D eigenvalue weighted by Gasteiger charge is -2.31. The van der Waals surface area contributed by atoms with Crippen LogP contribution in [0.15, 0.2) is 30.6 Å². The lowest BCUT2D eigenvalue weighted by Crippen LogP contribution is -2.48. The number of amides is 1. The van der Waals surface area contributed by atoms with E-state index >= 15 is 0 Å². The molecule has 1 amide bonds. The molecule has 2 bridgehead atoms. The van der Waals surface area contributed by atoms with Gasteiger partial charge in [0.1, 0.15) is 11.3 Å². The average molecular weight is 475 g/mol. The topological polar surface area (TPSA) is 111 Å². The first-order valence-corrected chi connectivity index (χ1v) is 12.3. The van der Waals surface area contributed by atoms with Crippen molar-refractivity contribution < 1.29 is 9.90 Å². The number of anilines is 4. The number of fused-ring (bicyclic) bond motifs is 3. The predicted octanol–water partition coefficient (Wildman–Crippen LogP) is 2.63. The van der Waals surface area contributed by atoms with Crippen LogP contribution >= 0.6 is 0 Å². The Labute approximate surface area is 204 Å². The maximum absolute atomic E-state index is 12.4. The van der Waals surface area contributed by atoms with Crippen molar-refractivity contribution in [3.05, 3.63) is 36.3 Å². The minimum Gasteiger partial charge on any atom is -0.387 e. The zero-order valence-corrected chi connectivity index (χ0v) is 20.1. The maximum Gasteiger partial charge on any atom is 0.241 e. The highest BCUT2D eigenvalue weighted by Gasteiger charge is 2.41. The van der Waals surface area contributed by atoms with E-state index in [0.29, 0.717) is 42.6 Å². The summed E-state index contributed by atoms with van der Waals surface area (Å²) in [5, 5.41) is 14.3. The molecule has 6 heterocycles. The van der Waals surface area contributed by atoms with Crippen LogP contribution in [0, 0.1) is 0 Å². The van der Waals surface area contributed by atoms with Crippen LogP contribution in [-0.4, -0.2) is 74.6 Å². The summed E-state index contributed by atoms with van der Waals surface area (Å²) in [6, 6.07) is 6.57. The second kappa shape index (κ2) is 8.69. The van der Waals surface area contributed by atoms with Crippen molar-refractivity contribution in [2.75, 3.05) is 41.8 Å². The number of carbonyl (C=O) groups is 1. The van der Waals surface area contributed by atoms with Gasteiger partial charge in [0.2, 0.25) is 11.9 Å². The molecule has 3 aliphatic rings. The standard InChI is InChI=1S/C25H30N8O2/c1-15(34)20-11-16-12-27-25(30-23(16)24(28-20)33-17-3-4-18(33)6-5-17)29-21-8-7-19(13-26-21)32-10-9-31(2)14-22(32)35/h7-8,11-13,15,17-18,34H,3-6,9-10,14H2,1-2H3,(H,26,27,29,30)/t15-,17?,18?/m1/s1. The Bertz CT molecular complexity index is 1240. The molecule has 10 nitrogen and oxygen atoms in total. The number of hydrogen-bond acceptors (Lipinski definition) is 9. The zero-order chi connectivity index (χ0) is 24.1. The van der Waals surface area contributed by atoms with Gasteiger partial charge < -0.3 is 20.2 Å². The first kappa shape index (κ1) is 22.1. The number of likely N-dealkylation sites (N-methyl/N-ethyl adjacent to an activating group) is 1. The van der Waals surface area contributed by atoms with E-state index in [-0.39, 0.29) is 5.91 Å². The summed E-state index contributed by atoms with van der Waals surface area (Å²) < 4.78 is 0. The third-order valence-electron chi connectivity index (χ3n) is 7.40. The van der Waals surface area contributed by atoms with Crippen molar-refractivity contribution in [1.82, 2.24) is 24.8 Å². The van der Waals surface area contributed by atoms with E-state index in [1.165, 1.54) is 25.7 Å². The Morgan fingerprint density at radius 3 is 2.49 bits per heavy atom. The lowest BCUT2D eigenvalue weighted by molar-refractivity contribution is -0.120. The van der Waals surface area contributed by atoms with E-state index in [4.69, 9.17) is 9.97 Å². The van der Waals surface area contributed by atoms with E-state index in [2.05, 4.69) is 20.2 Å². The van der Waals surface area contributed by atoms with Crippen LogP contribution in [-0.2, 0) is 4.79 Å². The molecule has 3 saturated heterocycles. The van der Waals surface area contributed by atoms with Crippen molar-refractivity contribution in [3.8, 4) is 0 Å². The van der Waals surface area contributed by atoms with E-state index in [9.17, 15) is 9.90 Å². The monoisotopic (exact) mass is 474 g/mol. The summed E-state index contributed by atoms with van der Waals surface area (Å²) in [6.45, 7) is 3.64. The minimum atomic E-state index is -0.661. The first-order valence-electron chi connectivity index (χ1n) is 12.3. The van der Waals surface area contributed by atoms with Crippen molar-refractivity contribution in [2.24, 2.45) is 0 Å². The number of aliphatic hydroxyl groups is 1. The smallest absolute Gasteiger partial charge is 0.241 e. The molecule has 35 heavy (non-hydrogen) atoms.